The second-order valence-corrected chi connectivity index (χ2v) is 6.81. The average Bonchev–Trinajstić information content (AvgIpc) is 3.11. The van der Waals surface area contributed by atoms with Crippen molar-refractivity contribution in [2.45, 2.75) is 0 Å². The Hall–Kier alpha value is -3.90. The van der Waals surface area contributed by atoms with Crippen LogP contribution in [0.2, 0.25) is 5.02 Å². The second kappa shape index (κ2) is 8.23. The summed E-state index contributed by atoms with van der Waals surface area (Å²) in [6.45, 7) is 0. The molecule has 1 heterocycles. The Morgan fingerprint density at radius 3 is 2.37 bits per heavy atom. The van der Waals surface area contributed by atoms with Gasteiger partial charge in [0, 0.05) is 11.6 Å². The Morgan fingerprint density at radius 1 is 0.967 bits per heavy atom. The number of hydrogen-bond donors (Lipinski definition) is 0. The maximum atomic E-state index is 12.2. The summed E-state index contributed by atoms with van der Waals surface area (Å²) in [5.74, 6) is 1.23. The molecule has 1 aliphatic heterocycles. The zero-order chi connectivity index (χ0) is 21.1. The molecule has 0 unspecified atom stereocenters. The van der Waals surface area contributed by atoms with E-state index in [0.717, 1.165) is 5.75 Å². The minimum atomic E-state index is -0.572. The van der Waals surface area contributed by atoms with Crippen LogP contribution in [0.3, 0.4) is 0 Å². The number of nitro groups is 1. The van der Waals surface area contributed by atoms with E-state index in [1.807, 2.05) is 30.3 Å². The predicted octanol–water partition coefficient (Wildman–Crippen LogP) is 6.02. The van der Waals surface area contributed by atoms with Gasteiger partial charge >= 0.3 is 5.97 Å². The lowest BCUT2D eigenvalue weighted by atomic mass is 10.1. The smallest absolute Gasteiger partial charge is 0.343 e. The van der Waals surface area contributed by atoms with E-state index in [0.29, 0.717) is 22.6 Å². The van der Waals surface area contributed by atoms with Crippen molar-refractivity contribution in [2.24, 2.45) is 0 Å². The SMILES string of the molecule is O=C1OC(c2ccc(Oc3ccccc3)cc2)=C/C1=C\c1ccc(Cl)c([N+](=O)[O-])c1. The summed E-state index contributed by atoms with van der Waals surface area (Å²) < 4.78 is 11.1. The van der Waals surface area contributed by atoms with Crippen molar-refractivity contribution < 1.29 is 19.2 Å². The monoisotopic (exact) mass is 419 g/mol. The lowest BCUT2D eigenvalue weighted by Gasteiger charge is -2.06. The minimum Gasteiger partial charge on any atom is -0.457 e. The van der Waals surface area contributed by atoms with Crippen molar-refractivity contribution in [2.75, 3.05) is 0 Å². The highest BCUT2D eigenvalue weighted by Crippen LogP contribution is 2.31. The van der Waals surface area contributed by atoms with Gasteiger partial charge in [0.05, 0.1) is 10.5 Å². The van der Waals surface area contributed by atoms with Gasteiger partial charge in [-0.3, -0.25) is 10.1 Å². The molecule has 4 rings (SSSR count). The fraction of sp³-hybridized carbons (Fsp3) is 0. The molecule has 6 nitrogen and oxygen atoms in total. The number of hydrogen-bond acceptors (Lipinski definition) is 5. The van der Waals surface area contributed by atoms with E-state index in [1.165, 1.54) is 18.2 Å². The third-order valence-electron chi connectivity index (χ3n) is 4.33. The fourth-order valence-corrected chi connectivity index (χ4v) is 3.07. The summed E-state index contributed by atoms with van der Waals surface area (Å²) in [6, 6.07) is 20.8. The van der Waals surface area contributed by atoms with E-state index < -0.39 is 10.9 Å². The van der Waals surface area contributed by atoms with Crippen LogP contribution in [-0.4, -0.2) is 10.9 Å². The van der Waals surface area contributed by atoms with Gasteiger partial charge in [0.15, 0.2) is 0 Å². The molecule has 0 aliphatic carbocycles. The summed E-state index contributed by atoms with van der Waals surface area (Å²) in [7, 11) is 0. The van der Waals surface area contributed by atoms with Gasteiger partial charge in [-0.15, -0.1) is 0 Å². The molecule has 3 aromatic carbocycles. The van der Waals surface area contributed by atoms with Crippen molar-refractivity contribution in [1.82, 2.24) is 0 Å². The molecule has 0 radical (unpaired) electrons. The fourth-order valence-electron chi connectivity index (χ4n) is 2.88. The summed E-state index contributed by atoms with van der Waals surface area (Å²) in [5, 5.41) is 11.1. The van der Waals surface area contributed by atoms with Gasteiger partial charge in [-0.25, -0.2) is 4.79 Å². The number of esters is 1. The molecule has 30 heavy (non-hydrogen) atoms. The molecule has 1 aliphatic rings. The molecule has 0 fully saturated rings. The van der Waals surface area contributed by atoms with E-state index in [-0.39, 0.29) is 16.3 Å². The second-order valence-electron chi connectivity index (χ2n) is 6.41. The largest absolute Gasteiger partial charge is 0.457 e. The zero-order valence-corrected chi connectivity index (χ0v) is 16.2. The molecule has 0 spiro atoms. The van der Waals surface area contributed by atoms with Crippen molar-refractivity contribution in [1.29, 1.82) is 0 Å². The van der Waals surface area contributed by atoms with Gasteiger partial charge in [-0.2, -0.15) is 0 Å². The first-order chi connectivity index (χ1) is 14.5. The van der Waals surface area contributed by atoms with E-state index in [9.17, 15) is 14.9 Å². The summed E-state index contributed by atoms with van der Waals surface area (Å²) >= 11 is 5.83. The van der Waals surface area contributed by atoms with Gasteiger partial charge in [-0.1, -0.05) is 35.9 Å². The number of ether oxygens (including phenoxy) is 2. The zero-order valence-electron chi connectivity index (χ0n) is 15.4. The van der Waals surface area contributed by atoms with Gasteiger partial charge in [0.2, 0.25) is 0 Å². The lowest BCUT2D eigenvalue weighted by Crippen LogP contribution is -1.97. The van der Waals surface area contributed by atoms with Crippen LogP contribution >= 0.6 is 11.6 Å². The molecule has 0 saturated heterocycles. The Bertz CT molecular complexity index is 1180. The van der Waals surface area contributed by atoms with Crippen LogP contribution in [-0.2, 0) is 9.53 Å². The molecule has 148 valence electrons. The summed E-state index contributed by atoms with van der Waals surface area (Å²) in [6.07, 6.45) is 3.11. The Balaban J connectivity index is 1.55. The highest BCUT2D eigenvalue weighted by molar-refractivity contribution is 6.32. The third-order valence-corrected chi connectivity index (χ3v) is 4.65. The maximum Gasteiger partial charge on any atom is 0.343 e. The number of halogens is 1. The van der Waals surface area contributed by atoms with Crippen LogP contribution in [0.1, 0.15) is 11.1 Å². The van der Waals surface area contributed by atoms with Crippen LogP contribution in [0.15, 0.2) is 84.4 Å². The van der Waals surface area contributed by atoms with Crippen molar-refractivity contribution in [3.8, 4) is 11.5 Å². The number of para-hydroxylation sites is 1. The number of cyclic esters (lactones) is 1. The number of carbonyl (C=O) groups is 1. The van der Waals surface area contributed by atoms with Gasteiger partial charge in [-0.05, 0) is 60.2 Å². The molecule has 7 heteroatoms. The molecule has 0 aromatic heterocycles. The molecule has 0 bridgehead atoms. The molecule has 0 saturated carbocycles. The van der Waals surface area contributed by atoms with Crippen molar-refractivity contribution in [3.63, 3.8) is 0 Å². The molecular formula is C23H14ClNO5. The van der Waals surface area contributed by atoms with Gasteiger partial charge in [0.1, 0.15) is 22.3 Å². The van der Waals surface area contributed by atoms with Crippen LogP contribution < -0.4 is 4.74 Å². The number of nitro benzene ring substituents is 1. The topological polar surface area (TPSA) is 78.7 Å². The first-order valence-electron chi connectivity index (χ1n) is 8.92. The summed E-state index contributed by atoms with van der Waals surface area (Å²) in [4.78, 5) is 22.7. The number of nitrogens with zero attached hydrogens (tertiary/aromatic N) is 1. The standard InChI is InChI=1S/C23H14ClNO5/c24-20-11-6-15(13-21(20)25(27)28)12-17-14-22(30-23(17)26)16-7-9-19(10-8-16)29-18-4-2-1-3-5-18/h1-14H/b17-12+. The van der Waals surface area contributed by atoms with Gasteiger partial charge in [0.25, 0.3) is 5.69 Å². The van der Waals surface area contributed by atoms with Crippen molar-refractivity contribution in [3.05, 3.63) is 111 Å². The number of carbonyl (C=O) groups excluding carboxylic acids is 1. The van der Waals surface area contributed by atoms with E-state index >= 15 is 0 Å². The van der Waals surface area contributed by atoms with Crippen LogP contribution in [0.4, 0.5) is 5.69 Å². The minimum absolute atomic E-state index is 0.0326. The van der Waals surface area contributed by atoms with E-state index in [1.54, 1.807) is 36.4 Å². The normalized spacial score (nSPS) is 14.4. The molecule has 3 aromatic rings. The Kier molecular flexibility index (Phi) is 5.32. The highest BCUT2D eigenvalue weighted by Gasteiger charge is 2.22. The lowest BCUT2D eigenvalue weighted by molar-refractivity contribution is -0.384. The number of rotatable bonds is 5. The van der Waals surface area contributed by atoms with Crippen LogP contribution in [0.25, 0.3) is 11.8 Å². The third kappa shape index (κ3) is 4.24. The molecule has 0 N–H and O–H groups in total. The van der Waals surface area contributed by atoms with Crippen LogP contribution in [0, 0.1) is 10.1 Å². The Labute approximate surface area is 176 Å². The van der Waals surface area contributed by atoms with E-state index in [2.05, 4.69) is 0 Å². The first kappa shape index (κ1) is 19.4. The Morgan fingerprint density at radius 2 is 1.67 bits per heavy atom. The predicted molar refractivity (Wildman–Crippen MR) is 113 cm³/mol. The van der Waals surface area contributed by atoms with Crippen LogP contribution in [0.5, 0.6) is 11.5 Å². The highest BCUT2D eigenvalue weighted by atomic mass is 35.5. The quantitative estimate of drug-likeness (QED) is 0.218. The molecular weight excluding hydrogens is 406 g/mol. The maximum absolute atomic E-state index is 12.2. The summed E-state index contributed by atoms with van der Waals surface area (Å²) in [5.41, 5.74) is 1.23. The molecule has 0 amide bonds. The molecule has 0 atom stereocenters. The van der Waals surface area contributed by atoms with Crippen molar-refractivity contribution >= 4 is 35.1 Å². The van der Waals surface area contributed by atoms with E-state index in [4.69, 9.17) is 21.1 Å². The average molecular weight is 420 g/mol. The first-order valence-corrected chi connectivity index (χ1v) is 9.30. The van der Waals surface area contributed by atoms with Gasteiger partial charge < -0.3 is 9.47 Å². The number of benzene rings is 3.